The molecule has 10 heteroatoms. The van der Waals surface area contributed by atoms with Crippen molar-refractivity contribution < 1.29 is 12.8 Å². The third-order valence-corrected chi connectivity index (χ3v) is 7.30. The van der Waals surface area contributed by atoms with Crippen molar-refractivity contribution in [1.29, 1.82) is 0 Å². The second kappa shape index (κ2) is 7.93. The van der Waals surface area contributed by atoms with Crippen LogP contribution in [-0.4, -0.2) is 31.9 Å². The highest BCUT2D eigenvalue weighted by Crippen LogP contribution is 2.33. The van der Waals surface area contributed by atoms with Crippen molar-refractivity contribution in [3.05, 3.63) is 71.5 Å². The van der Waals surface area contributed by atoms with Gasteiger partial charge >= 0.3 is 0 Å². The zero-order valence-corrected chi connectivity index (χ0v) is 19.4. The van der Waals surface area contributed by atoms with Crippen LogP contribution in [0.2, 0.25) is 5.02 Å². The topological polar surface area (TPSA) is 82.7 Å². The fraction of sp³-hybridized carbons (Fsp3) is 0.174. The van der Waals surface area contributed by atoms with E-state index in [2.05, 4.69) is 15.0 Å². The minimum absolute atomic E-state index is 0.128. The number of hydrogen-bond acceptors (Lipinski definition) is 5. The molecule has 4 aromatic heterocycles. The standard InChI is InChI=1S/C23H19ClFN5O2S/c1-3-8-29-13-20(25)18-11-26-21(28-23(18)29)19-12-30(22-17(19)9-15(24)10-27-22)33(31,32)16-6-4-14(2)5-7-16/h4-7,9-13H,3,8H2,1-2H3. The van der Waals surface area contributed by atoms with Crippen molar-refractivity contribution in [3.63, 3.8) is 0 Å². The molecule has 0 aliphatic heterocycles. The highest BCUT2D eigenvalue weighted by atomic mass is 35.5. The van der Waals surface area contributed by atoms with Crippen LogP contribution in [0.25, 0.3) is 33.5 Å². The molecule has 0 saturated carbocycles. The molecule has 0 amide bonds. The number of rotatable bonds is 5. The van der Waals surface area contributed by atoms with Crippen molar-refractivity contribution in [2.45, 2.75) is 31.7 Å². The normalized spacial score (nSPS) is 12.1. The summed E-state index contributed by atoms with van der Waals surface area (Å²) in [5.41, 5.74) is 2.02. The zero-order chi connectivity index (χ0) is 23.3. The predicted octanol–water partition coefficient (Wildman–Crippen LogP) is 5.20. The van der Waals surface area contributed by atoms with Crippen LogP contribution >= 0.6 is 11.6 Å². The van der Waals surface area contributed by atoms with Crippen LogP contribution in [0.5, 0.6) is 0 Å². The Morgan fingerprint density at radius 1 is 1.03 bits per heavy atom. The highest BCUT2D eigenvalue weighted by molar-refractivity contribution is 7.90. The molecule has 0 radical (unpaired) electrons. The summed E-state index contributed by atoms with van der Waals surface area (Å²) in [6.07, 6.45) is 6.44. The van der Waals surface area contributed by atoms with Crippen molar-refractivity contribution >= 4 is 43.7 Å². The summed E-state index contributed by atoms with van der Waals surface area (Å²) >= 11 is 6.19. The van der Waals surface area contributed by atoms with Gasteiger partial charge in [-0.2, -0.15) is 0 Å². The second-order valence-corrected chi connectivity index (χ2v) is 10.0. The largest absolute Gasteiger partial charge is 0.329 e. The molecule has 0 aliphatic carbocycles. The van der Waals surface area contributed by atoms with E-state index in [4.69, 9.17) is 11.6 Å². The Bertz CT molecular complexity index is 1620. The van der Waals surface area contributed by atoms with Gasteiger partial charge in [0.2, 0.25) is 0 Å². The molecule has 0 spiro atoms. The van der Waals surface area contributed by atoms with E-state index in [9.17, 15) is 12.8 Å². The Hall–Kier alpha value is -3.30. The number of nitrogens with zero attached hydrogens (tertiary/aromatic N) is 5. The lowest BCUT2D eigenvalue weighted by atomic mass is 10.2. The lowest BCUT2D eigenvalue weighted by Gasteiger charge is -2.07. The number of aryl methyl sites for hydroxylation is 2. The fourth-order valence-electron chi connectivity index (χ4n) is 3.81. The Morgan fingerprint density at radius 2 is 1.79 bits per heavy atom. The second-order valence-electron chi connectivity index (χ2n) is 7.78. The van der Waals surface area contributed by atoms with Gasteiger partial charge in [0.25, 0.3) is 10.0 Å². The van der Waals surface area contributed by atoms with Crippen LogP contribution in [0.3, 0.4) is 0 Å². The minimum Gasteiger partial charge on any atom is -0.329 e. The molecule has 0 saturated heterocycles. The molecule has 5 aromatic rings. The molecular weight excluding hydrogens is 465 g/mol. The first-order valence-electron chi connectivity index (χ1n) is 10.3. The summed E-state index contributed by atoms with van der Waals surface area (Å²) in [4.78, 5) is 13.3. The molecule has 33 heavy (non-hydrogen) atoms. The van der Waals surface area contributed by atoms with Crippen LogP contribution in [0.1, 0.15) is 18.9 Å². The Labute approximate surface area is 194 Å². The van der Waals surface area contributed by atoms with Crippen molar-refractivity contribution in [3.8, 4) is 11.4 Å². The maximum Gasteiger partial charge on any atom is 0.269 e. The molecule has 0 N–H and O–H groups in total. The van der Waals surface area contributed by atoms with Crippen LogP contribution < -0.4 is 0 Å². The summed E-state index contributed by atoms with van der Waals surface area (Å²) < 4.78 is 44.0. The number of halogens is 2. The Morgan fingerprint density at radius 3 is 2.52 bits per heavy atom. The quantitative estimate of drug-likeness (QED) is 0.343. The zero-order valence-electron chi connectivity index (χ0n) is 17.8. The summed E-state index contributed by atoms with van der Waals surface area (Å²) in [7, 11) is -3.95. The fourth-order valence-corrected chi connectivity index (χ4v) is 5.29. The van der Waals surface area contributed by atoms with E-state index in [0.717, 1.165) is 16.0 Å². The number of benzene rings is 1. The molecule has 5 rings (SSSR count). The highest BCUT2D eigenvalue weighted by Gasteiger charge is 2.24. The molecule has 0 atom stereocenters. The average molecular weight is 484 g/mol. The molecule has 1 aromatic carbocycles. The monoisotopic (exact) mass is 483 g/mol. The van der Waals surface area contributed by atoms with E-state index >= 15 is 0 Å². The van der Waals surface area contributed by atoms with Gasteiger partial charge in [-0.15, -0.1) is 0 Å². The van der Waals surface area contributed by atoms with Gasteiger partial charge in [-0.25, -0.2) is 31.7 Å². The number of hydrogen-bond donors (Lipinski definition) is 0. The van der Waals surface area contributed by atoms with Gasteiger partial charge in [-0.05, 0) is 31.5 Å². The van der Waals surface area contributed by atoms with Gasteiger partial charge in [0.05, 0.1) is 15.3 Å². The van der Waals surface area contributed by atoms with E-state index in [1.165, 1.54) is 24.8 Å². The van der Waals surface area contributed by atoms with Crippen molar-refractivity contribution in [2.24, 2.45) is 0 Å². The molecule has 0 fully saturated rings. The third kappa shape index (κ3) is 3.57. The van der Waals surface area contributed by atoms with Crippen molar-refractivity contribution in [2.75, 3.05) is 0 Å². The molecule has 0 unspecified atom stereocenters. The first-order valence-corrected chi connectivity index (χ1v) is 12.1. The van der Waals surface area contributed by atoms with E-state index < -0.39 is 15.8 Å². The Balaban J connectivity index is 1.76. The van der Waals surface area contributed by atoms with Gasteiger partial charge in [-0.3, -0.25) is 0 Å². The third-order valence-electron chi connectivity index (χ3n) is 5.43. The van der Waals surface area contributed by atoms with E-state index in [0.29, 0.717) is 33.6 Å². The molecule has 0 bridgehead atoms. The van der Waals surface area contributed by atoms with Crippen LogP contribution in [0.4, 0.5) is 4.39 Å². The van der Waals surface area contributed by atoms with E-state index in [1.54, 1.807) is 34.9 Å². The van der Waals surface area contributed by atoms with E-state index in [-0.39, 0.29) is 16.4 Å². The number of aromatic nitrogens is 5. The SMILES string of the molecule is CCCn1cc(F)c2cnc(-c3cn(S(=O)(=O)c4ccc(C)cc4)c4ncc(Cl)cc34)nc21. The van der Waals surface area contributed by atoms with Crippen LogP contribution in [0.15, 0.2) is 60.0 Å². The maximum atomic E-state index is 14.3. The molecule has 0 aliphatic rings. The van der Waals surface area contributed by atoms with E-state index in [1.807, 2.05) is 13.8 Å². The predicted molar refractivity (Wildman–Crippen MR) is 125 cm³/mol. The first kappa shape index (κ1) is 21.5. The van der Waals surface area contributed by atoms with Crippen molar-refractivity contribution in [1.82, 2.24) is 23.5 Å². The summed E-state index contributed by atoms with van der Waals surface area (Å²) in [6, 6.07) is 8.19. The maximum absolute atomic E-state index is 14.3. The smallest absolute Gasteiger partial charge is 0.269 e. The van der Waals surface area contributed by atoms with Crippen LogP contribution in [-0.2, 0) is 16.6 Å². The summed E-state index contributed by atoms with van der Waals surface area (Å²) in [5.74, 6) is -0.149. The number of pyridine rings is 1. The van der Waals surface area contributed by atoms with Crippen LogP contribution in [0, 0.1) is 12.7 Å². The first-order chi connectivity index (χ1) is 15.8. The molecule has 168 valence electrons. The van der Waals surface area contributed by atoms with Gasteiger partial charge in [-0.1, -0.05) is 36.2 Å². The summed E-state index contributed by atoms with van der Waals surface area (Å²) in [6.45, 7) is 4.46. The lowest BCUT2D eigenvalue weighted by Crippen LogP contribution is -2.12. The minimum atomic E-state index is -3.95. The van der Waals surface area contributed by atoms with Gasteiger partial charge < -0.3 is 4.57 Å². The number of fused-ring (bicyclic) bond motifs is 2. The lowest BCUT2D eigenvalue weighted by molar-refractivity contribution is 0.588. The van der Waals surface area contributed by atoms with Gasteiger partial charge in [0.15, 0.2) is 17.3 Å². The Kier molecular flexibility index (Phi) is 5.18. The summed E-state index contributed by atoms with van der Waals surface area (Å²) in [5, 5.41) is 1.13. The van der Waals surface area contributed by atoms with Gasteiger partial charge in [0.1, 0.15) is 5.65 Å². The average Bonchev–Trinajstić information content (AvgIpc) is 3.32. The van der Waals surface area contributed by atoms with Gasteiger partial charge in [0, 0.05) is 42.3 Å². The molecular formula is C23H19ClFN5O2S. The molecule has 7 nitrogen and oxygen atoms in total. The molecule has 4 heterocycles.